The molecule has 0 fully saturated rings. The summed E-state index contributed by atoms with van der Waals surface area (Å²) in [4.78, 5) is 4.15. The molecule has 8 heteroatoms. The van der Waals surface area contributed by atoms with Crippen LogP contribution in [0.2, 0.25) is 0 Å². The third-order valence-corrected chi connectivity index (χ3v) is 3.53. The van der Waals surface area contributed by atoms with E-state index in [0.29, 0.717) is 30.5 Å². The zero-order valence-corrected chi connectivity index (χ0v) is 14.3. The number of hydrogen-bond donors (Lipinski definition) is 2. The molecular weight excluding hydrogens is 328 g/mol. The fraction of sp³-hybridized carbons (Fsp3) is 0.412. The molecule has 0 aliphatic heterocycles. The van der Waals surface area contributed by atoms with Crippen molar-refractivity contribution in [2.45, 2.75) is 26.6 Å². The molecule has 0 bridgehead atoms. The number of guanidine groups is 1. The van der Waals surface area contributed by atoms with Crippen LogP contribution in [0.3, 0.4) is 0 Å². The van der Waals surface area contributed by atoms with Crippen molar-refractivity contribution in [3.8, 4) is 5.75 Å². The number of hydrogen-bond acceptors (Lipinski definition) is 3. The Morgan fingerprint density at radius 3 is 2.76 bits per heavy atom. The molecule has 0 saturated heterocycles. The average molecular weight is 351 g/mol. The maximum atomic E-state index is 12.4. The van der Waals surface area contributed by atoms with Crippen LogP contribution >= 0.6 is 0 Å². The van der Waals surface area contributed by atoms with Crippen molar-refractivity contribution in [1.29, 1.82) is 0 Å². The highest BCUT2D eigenvalue weighted by molar-refractivity contribution is 5.79. The maximum absolute atomic E-state index is 12.4. The Balaban J connectivity index is 1.82. The first-order chi connectivity index (χ1) is 12.1. The summed E-state index contributed by atoms with van der Waals surface area (Å²) in [7, 11) is 1.66. The zero-order valence-electron chi connectivity index (χ0n) is 14.3. The Morgan fingerprint density at radius 1 is 1.28 bits per heavy atom. The lowest BCUT2D eigenvalue weighted by Crippen LogP contribution is -2.39. The Kier molecular flexibility index (Phi) is 7.18. The average Bonchev–Trinajstić information content (AvgIpc) is 3.08. The monoisotopic (exact) mass is 351 g/mol. The Morgan fingerprint density at radius 2 is 2.08 bits per heavy atom. The van der Waals surface area contributed by atoms with Crippen LogP contribution in [0, 0.1) is 5.92 Å². The number of aromatic nitrogens is 2. The van der Waals surface area contributed by atoms with E-state index >= 15 is 0 Å². The fourth-order valence-electron chi connectivity index (χ4n) is 2.32. The van der Waals surface area contributed by atoms with Crippen molar-refractivity contribution in [3.63, 3.8) is 0 Å². The predicted octanol–water partition coefficient (Wildman–Crippen LogP) is 2.49. The van der Waals surface area contributed by atoms with Crippen molar-refractivity contribution in [3.05, 3.63) is 48.3 Å². The van der Waals surface area contributed by atoms with Gasteiger partial charge in [-0.3, -0.25) is 9.67 Å². The normalized spacial score (nSPS) is 12.9. The summed E-state index contributed by atoms with van der Waals surface area (Å²) in [5.74, 6) is 1.10. The van der Waals surface area contributed by atoms with Gasteiger partial charge in [-0.2, -0.15) is 13.9 Å². The first-order valence-corrected chi connectivity index (χ1v) is 8.03. The molecular formula is C17H23F2N5O. The summed E-state index contributed by atoms with van der Waals surface area (Å²) < 4.78 is 31.3. The van der Waals surface area contributed by atoms with Gasteiger partial charge in [0.1, 0.15) is 5.75 Å². The lowest BCUT2D eigenvalue weighted by atomic mass is 10.2. The van der Waals surface area contributed by atoms with E-state index in [4.69, 9.17) is 0 Å². The number of benzene rings is 1. The van der Waals surface area contributed by atoms with E-state index in [9.17, 15) is 8.78 Å². The smallest absolute Gasteiger partial charge is 0.387 e. The van der Waals surface area contributed by atoms with Crippen molar-refractivity contribution < 1.29 is 13.5 Å². The van der Waals surface area contributed by atoms with Gasteiger partial charge in [0.25, 0.3) is 0 Å². The number of nitrogens with one attached hydrogen (secondary N) is 2. The van der Waals surface area contributed by atoms with Gasteiger partial charge in [0.2, 0.25) is 0 Å². The number of ether oxygens (including phenoxy) is 1. The van der Waals surface area contributed by atoms with Gasteiger partial charge in [-0.1, -0.05) is 25.1 Å². The summed E-state index contributed by atoms with van der Waals surface area (Å²) in [5, 5.41) is 10.5. The van der Waals surface area contributed by atoms with Crippen molar-refractivity contribution >= 4 is 5.96 Å². The van der Waals surface area contributed by atoms with Crippen LogP contribution in [-0.4, -0.2) is 35.9 Å². The van der Waals surface area contributed by atoms with Crippen LogP contribution in [-0.2, 0) is 13.1 Å². The molecule has 1 aromatic carbocycles. The van der Waals surface area contributed by atoms with Crippen LogP contribution in [0.25, 0.3) is 0 Å². The molecule has 136 valence electrons. The van der Waals surface area contributed by atoms with Gasteiger partial charge in [-0.25, -0.2) is 0 Å². The third-order valence-electron chi connectivity index (χ3n) is 3.53. The van der Waals surface area contributed by atoms with E-state index in [1.54, 1.807) is 31.4 Å². The molecule has 1 heterocycles. The van der Waals surface area contributed by atoms with Gasteiger partial charge in [0.15, 0.2) is 5.96 Å². The summed E-state index contributed by atoms with van der Waals surface area (Å²) in [6, 6.07) is 8.58. The van der Waals surface area contributed by atoms with Gasteiger partial charge in [0.05, 0.1) is 0 Å². The molecule has 0 aliphatic carbocycles. The first kappa shape index (κ1) is 18.7. The standard InChI is InChI=1S/C17H23F2N5O/c1-13(12-24-9-5-8-23-24)10-21-17(20-2)22-11-14-6-3-4-7-15(14)25-16(18)19/h3-9,13,16H,10-12H2,1-2H3,(H2,20,21,22). The lowest BCUT2D eigenvalue weighted by Gasteiger charge is -2.17. The predicted molar refractivity (Wildman–Crippen MR) is 92.7 cm³/mol. The van der Waals surface area contributed by atoms with Crippen LogP contribution in [0.15, 0.2) is 47.7 Å². The second-order valence-corrected chi connectivity index (χ2v) is 5.63. The first-order valence-electron chi connectivity index (χ1n) is 8.03. The molecule has 0 amide bonds. The third kappa shape index (κ3) is 6.40. The van der Waals surface area contributed by atoms with Gasteiger partial charge >= 0.3 is 6.61 Å². The topological polar surface area (TPSA) is 63.5 Å². The van der Waals surface area contributed by atoms with E-state index in [1.165, 1.54) is 6.07 Å². The zero-order chi connectivity index (χ0) is 18.1. The molecule has 2 N–H and O–H groups in total. The molecule has 25 heavy (non-hydrogen) atoms. The number of para-hydroxylation sites is 1. The second kappa shape index (κ2) is 9.61. The van der Waals surface area contributed by atoms with Gasteiger partial charge < -0.3 is 15.4 Å². The summed E-state index contributed by atoms with van der Waals surface area (Å²) in [6.45, 7) is 1.09. The largest absolute Gasteiger partial charge is 0.434 e. The Bertz CT molecular complexity index is 661. The quantitative estimate of drug-likeness (QED) is 0.567. The minimum atomic E-state index is -2.85. The van der Waals surface area contributed by atoms with Crippen LogP contribution in [0.4, 0.5) is 8.78 Å². The highest BCUT2D eigenvalue weighted by Gasteiger charge is 2.10. The van der Waals surface area contributed by atoms with E-state index in [0.717, 1.165) is 6.54 Å². The molecule has 1 atom stereocenters. The molecule has 0 aliphatic rings. The number of aliphatic imine (C=N–C) groups is 1. The number of rotatable bonds is 8. The molecule has 2 aromatic rings. The van der Waals surface area contributed by atoms with Crippen molar-refractivity contribution in [1.82, 2.24) is 20.4 Å². The lowest BCUT2D eigenvalue weighted by molar-refractivity contribution is -0.0504. The Hall–Kier alpha value is -2.64. The van der Waals surface area contributed by atoms with Crippen molar-refractivity contribution in [2.24, 2.45) is 10.9 Å². The summed E-state index contributed by atoms with van der Waals surface area (Å²) >= 11 is 0. The maximum Gasteiger partial charge on any atom is 0.387 e. The molecule has 1 unspecified atom stereocenters. The van der Waals surface area contributed by atoms with E-state index in [-0.39, 0.29) is 5.75 Å². The van der Waals surface area contributed by atoms with Gasteiger partial charge in [-0.05, 0) is 18.1 Å². The number of alkyl halides is 2. The van der Waals surface area contributed by atoms with Crippen LogP contribution in [0.5, 0.6) is 5.75 Å². The summed E-state index contributed by atoms with van der Waals surface area (Å²) in [5.41, 5.74) is 0.635. The minimum Gasteiger partial charge on any atom is -0.434 e. The van der Waals surface area contributed by atoms with Gasteiger partial charge in [0, 0.05) is 44.6 Å². The highest BCUT2D eigenvalue weighted by Crippen LogP contribution is 2.19. The summed E-state index contributed by atoms with van der Waals surface area (Å²) in [6.07, 6.45) is 3.67. The van der Waals surface area contributed by atoms with Crippen LogP contribution in [0.1, 0.15) is 12.5 Å². The van der Waals surface area contributed by atoms with E-state index in [1.807, 2.05) is 16.9 Å². The molecule has 1 aromatic heterocycles. The highest BCUT2D eigenvalue weighted by atomic mass is 19.3. The molecule has 6 nitrogen and oxygen atoms in total. The number of nitrogens with zero attached hydrogens (tertiary/aromatic N) is 3. The molecule has 0 saturated carbocycles. The van der Waals surface area contributed by atoms with Gasteiger partial charge in [-0.15, -0.1) is 0 Å². The minimum absolute atomic E-state index is 0.160. The molecule has 2 rings (SSSR count). The molecule has 0 spiro atoms. The fourth-order valence-corrected chi connectivity index (χ4v) is 2.32. The number of halogens is 2. The second-order valence-electron chi connectivity index (χ2n) is 5.63. The van der Waals surface area contributed by atoms with Crippen molar-refractivity contribution in [2.75, 3.05) is 13.6 Å². The van der Waals surface area contributed by atoms with Crippen LogP contribution < -0.4 is 15.4 Å². The SMILES string of the molecule is CN=C(NCc1ccccc1OC(F)F)NCC(C)Cn1cccn1. The van der Waals surface area contributed by atoms with E-state index in [2.05, 4.69) is 32.4 Å². The van der Waals surface area contributed by atoms with E-state index < -0.39 is 6.61 Å². The Labute approximate surface area is 145 Å². The molecule has 0 radical (unpaired) electrons.